The van der Waals surface area contributed by atoms with Crippen LogP contribution in [-0.2, 0) is 43.7 Å². The third kappa shape index (κ3) is 13.5. The summed E-state index contributed by atoms with van der Waals surface area (Å²) in [5, 5.41) is 0. The standard InChI is InChI=1S/C29H47N2O10P/c1-27(2,3)39-24(32)19-30(25(33)37-21-38-42(35,40-28(4,5)6)41-29(7,8)9)18-23-16-13-17-31(23)26(34)36-20-22-14-11-10-12-15-22/h10-12,14-15,23H,13,16-21H2,1-9H3/t23-/m0/s1. The topological polar surface area (TPSA) is 130 Å². The number of carbonyl (C=O) groups is 3. The molecule has 238 valence electrons. The van der Waals surface area contributed by atoms with Gasteiger partial charge < -0.3 is 19.1 Å². The Morgan fingerprint density at radius 1 is 0.905 bits per heavy atom. The fourth-order valence-electron chi connectivity index (χ4n) is 4.03. The molecule has 1 saturated heterocycles. The minimum atomic E-state index is -4.15. The fourth-order valence-corrected chi connectivity index (χ4v) is 5.70. The molecule has 1 heterocycles. The van der Waals surface area contributed by atoms with Crippen molar-refractivity contribution < 1.29 is 46.7 Å². The molecule has 1 aliphatic heterocycles. The Morgan fingerprint density at radius 3 is 2.05 bits per heavy atom. The average molecular weight is 615 g/mol. The third-order valence-electron chi connectivity index (χ3n) is 5.41. The summed E-state index contributed by atoms with van der Waals surface area (Å²) in [4.78, 5) is 41.4. The molecule has 2 amide bonds. The van der Waals surface area contributed by atoms with Crippen LogP contribution in [0.3, 0.4) is 0 Å². The maximum Gasteiger partial charge on any atom is 0.478 e. The van der Waals surface area contributed by atoms with Crippen LogP contribution in [0.15, 0.2) is 30.3 Å². The molecule has 1 aromatic carbocycles. The number of ether oxygens (including phenoxy) is 3. The molecule has 42 heavy (non-hydrogen) atoms. The quantitative estimate of drug-likeness (QED) is 0.121. The third-order valence-corrected chi connectivity index (χ3v) is 7.37. The minimum Gasteiger partial charge on any atom is -0.459 e. The van der Waals surface area contributed by atoms with E-state index in [1.807, 2.05) is 30.3 Å². The molecule has 0 bridgehead atoms. The van der Waals surface area contributed by atoms with Crippen LogP contribution in [-0.4, -0.2) is 77.2 Å². The molecule has 0 spiro atoms. The van der Waals surface area contributed by atoms with Gasteiger partial charge in [-0.1, -0.05) is 30.3 Å². The summed E-state index contributed by atoms with van der Waals surface area (Å²) in [5.74, 6) is -0.658. The lowest BCUT2D eigenvalue weighted by Crippen LogP contribution is -2.48. The smallest absolute Gasteiger partial charge is 0.459 e. The number of nitrogens with zero attached hydrogens (tertiary/aromatic N) is 2. The van der Waals surface area contributed by atoms with Crippen LogP contribution in [0, 0.1) is 0 Å². The van der Waals surface area contributed by atoms with E-state index in [4.69, 9.17) is 27.8 Å². The van der Waals surface area contributed by atoms with Crippen molar-refractivity contribution >= 4 is 26.0 Å². The van der Waals surface area contributed by atoms with Crippen molar-refractivity contribution in [2.24, 2.45) is 0 Å². The van der Waals surface area contributed by atoms with Crippen molar-refractivity contribution in [1.82, 2.24) is 9.80 Å². The van der Waals surface area contributed by atoms with E-state index in [2.05, 4.69) is 0 Å². The SMILES string of the molecule is CC(C)(C)OC(=O)CN(C[C@@H]1CCCN1C(=O)OCc1ccccc1)C(=O)OCOP(=O)(OC(C)(C)C)OC(C)(C)C. The second-order valence-electron chi connectivity index (χ2n) is 13.0. The molecule has 13 heteroatoms. The molecular weight excluding hydrogens is 567 g/mol. The summed E-state index contributed by atoms with van der Waals surface area (Å²) in [6, 6.07) is 8.87. The van der Waals surface area contributed by atoms with Gasteiger partial charge in [-0.15, -0.1) is 0 Å². The number of phosphoric acid groups is 1. The average Bonchev–Trinajstić information content (AvgIpc) is 3.27. The molecular formula is C29H47N2O10P. The highest BCUT2D eigenvalue weighted by Crippen LogP contribution is 2.55. The molecule has 0 radical (unpaired) electrons. The van der Waals surface area contributed by atoms with E-state index in [1.165, 1.54) is 4.90 Å². The first-order valence-corrected chi connectivity index (χ1v) is 15.5. The van der Waals surface area contributed by atoms with E-state index in [-0.39, 0.29) is 13.2 Å². The Bertz CT molecular complexity index is 1070. The Hall–Kier alpha value is -2.66. The first kappa shape index (κ1) is 35.5. The number of benzene rings is 1. The summed E-state index contributed by atoms with van der Waals surface area (Å²) in [5.41, 5.74) is -1.69. The first-order valence-electron chi connectivity index (χ1n) is 14.0. The normalized spacial score (nSPS) is 16.2. The van der Waals surface area contributed by atoms with Gasteiger partial charge in [-0.2, -0.15) is 0 Å². The van der Waals surface area contributed by atoms with Crippen LogP contribution in [0.2, 0.25) is 0 Å². The lowest BCUT2D eigenvalue weighted by Gasteiger charge is -2.32. The number of hydrogen-bond donors (Lipinski definition) is 0. The Balaban J connectivity index is 2.11. The highest BCUT2D eigenvalue weighted by molar-refractivity contribution is 7.48. The van der Waals surface area contributed by atoms with Gasteiger partial charge in [0.05, 0.1) is 17.2 Å². The Labute approximate surface area is 249 Å². The zero-order chi connectivity index (χ0) is 31.8. The number of amides is 2. The van der Waals surface area contributed by atoms with Gasteiger partial charge in [-0.3, -0.25) is 18.7 Å². The molecule has 0 aromatic heterocycles. The second-order valence-corrected chi connectivity index (χ2v) is 14.5. The van der Waals surface area contributed by atoms with E-state index >= 15 is 0 Å². The molecule has 0 saturated carbocycles. The summed E-state index contributed by atoms with van der Waals surface area (Å²) in [7, 11) is -4.15. The monoisotopic (exact) mass is 614 g/mol. The van der Waals surface area contributed by atoms with Gasteiger partial charge in [-0.05, 0) is 80.7 Å². The van der Waals surface area contributed by atoms with Crippen LogP contribution >= 0.6 is 7.82 Å². The highest BCUT2D eigenvalue weighted by atomic mass is 31.2. The van der Waals surface area contributed by atoms with Crippen molar-refractivity contribution in [3.8, 4) is 0 Å². The van der Waals surface area contributed by atoms with Gasteiger partial charge in [0.25, 0.3) is 0 Å². The van der Waals surface area contributed by atoms with Gasteiger partial charge in [-0.25, -0.2) is 18.7 Å². The van der Waals surface area contributed by atoms with Crippen LogP contribution in [0.4, 0.5) is 9.59 Å². The second kappa shape index (κ2) is 14.7. The largest absolute Gasteiger partial charge is 0.478 e. The van der Waals surface area contributed by atoms with Crippen LogP contribution in [0.25, 0.3) is 0 Å². The molecule has 1 atom stereocenters. The van der Waals surface area contributed by atoms with Crippen molar-refractivity contribution in [3.63, 3.8) is 0 Å². The summed E-state index contributed by atoms with van der Waals surface area (Å²) in [6.07, 6.45) is -0.164. The van der Waals surface area contributed by atoms with Gasteiger partial charge in [0, 0.05) is 13.1 Å². The van der Waals surface area contributed by atoms with E-state index in [9.17, 15) is 18.9 Å². The molecule has 0 aliphatic carbocycles. The Kier molecular flexibility index (Phi) is 12.4. The van der Waals surface area contributed by atoms with Crippen molar-refractivity contribution in [2.45, 2.75) is 105 Å². The number of rotatable bonds is 11. The Morgan fingerprint density at radius 2 is 1.50 bits per heavy atom. The number of hydrogen-bond acceptors (Lipinski definition) is 10. The number of carbonyl (C=O) groups excluding carboxylic acids is 3. The van der Waals surface area contributed by atoms with Crippen molar-refractivity contribution in [1.29, 1.82) is 0 Å². The van der Waals surface area contributed by atoms with E-state index in [1.54, 1.807) is 62.3 Å². The summed E-state index contributed by atoms with van der Waals surface area (Å²) >= 11 is 0. The van der Waals surface area contributed by atoms with Crippen LogP contribution < -0.4 is 0 Å². The summed E-state index contributed by atoms with van der Waals surface area (Å²) < 4.78 is 45.9. The summed E-state index contributed by atoms with van der Waals surface area (Å²) in [6.45, 7) is 14.6. The predicted octanol–water partition coefficient (Wildman–Crippen LogP) is 6.28. The molecule has 12 nitrogen and oxygen atoms in total. The molecule has 1 aromatic rings. The van der Waals surface area contributed by atoms with Gasteiger partial charge in [0.15, 0.2) is 0 Å². The number of likely N-dealkylation sites (tertiary alicyclic amines) is 1. The predicted molar refractivity (Wildman–Crippen MR) is 155 cm³/mol. The van der Waals surface area contributed by atoms with Crippen molar-refractivity contribution in [2.75, 3.05) is 26.4 Å². The number of esters is 1. The minimum absolute atomic E-state index is 0.0207. The van der Waals surface area contributed by atoms with Crippen LogP contribution in [0.1, 0.15) is 80.7 Å². The lowest BCUT2D eigenvalue weighted by molar-refractivity contribution is -0.156. The first-order chi connectivity index (χ1) is 19.3. The molecule has 0 N–H and O–H groups in total. The van der Waals surface area contributed by atoms with Crippen LogP contribution in [0.5, 0.6) is 0 Å². The highest BCUT2D eigenvalue weighted by Gasteiger charge is 2.38. The zero-order valence-corrected chi connectivity index (χ0v) is 27.2. The zero-order valence-electron chi connectivity index (χ0n) is 26.3. The lowest BCUT2D eigenvalue weighted by atomic mass is 10.2. The maximum atomic E-state index is 13.3. The van der Waals surface area contributed by atoms with E-state index < -0.39 is 62.2 Å². The molecule has 0 unspecified atom stereocenters. The number of phosphoric ester groups is 1. The van der Waals surface area contributed by atoms with Gasteiger partial charge in [0.1, 0.15) is 18.8 Å². The fraction of sp³-hybridized carbons (Fsp3) is 0.690. The van der Waals surface area contributed by atoms with Gasteiger partial charge >= 0.3 is 26.0 Å². The molecule has 1 fully saturated rings. The van der Waals surface area contributed by atoms with E-state index in [0.29, 0.717) is 19.4 Å². The maximum absolute atomic E-state index is 13.3. The molecule has 2 rings (SSSR count). The van der Waals surface area contributed by atoms with E-state index in [0.717, 1.165) is 10.5 Å². The van der Waals surface area contributed by atoms with Crippen molar-refractivity contribution in [3.05, 3.63) is 35.9 Å². The molecule has 1 aliphatic rings. The van der Waals surface area contributed by atoms with Gasteiger partial charge in [0.2, 0.25) is 6.79 Å².